The first-order valence-corrected chi connectivity index (χ1v) is 12.4. The summed E-state index contributed by atoms with van der Waals surface area (Å²) >= 11 is 3.70. The zero-order valence-electron chi connectivity index (χ0n) is 17.7. The van der Waals surface area contributed by atoms with Crippen molar-refractivity contribution < 1.29 is 24.3 Å². The third-order valence-corrected chi connectivity index (χ3v) is 7.75. The molecule has 180 valence electrons. The molecule has 0 saturated carbocycles. The third kappa shape index (κ3) is 4.38. The summed E-state index contributed by atoms with van der Waals surface area (Å²) in [5, 5.41) is 28.9. The predicted molar refractivity (Wildman–Crippen MR) is 124 cm³/mol. The Kier molecular flexibility index (Phi) is 6.89. The van der Waals surface area contributed by atoms with Gasteiger partial charge >= 0.3 is 5.97 Å². The van der Waals surface area contributed by atoms with E-state index in [-0.39, 0.29) is 28.0 Å². The van der Waals surface area contributed by atoms with Crippen LogP contribution < -0.4 is 16.5 Å². The summed E-state index contributed by atoms with van der Waals surface area (Å²) in [6, 6.07) is -0.935. The highest BCUT2D eigenvalue weighted by Gasteiger charge is 2.54. The Balaban J connectivity index is 1.49. The van der Waals surface area contributed by atoms with Gasteiger partial charge in [0.1, 0.15) is 29.9 Å². The van der Waals surface area contributed by atoms with Gasteiger partial charge in [0.2, 0.25) is 5.16 Å². The SMILES string of the molecule is CNn1nnnc1SCC1=C(C(=O)O)N2C(=O)[C@@H](NC(=O)C(=NOC)c3csc(N)n3)[C@@H]2SC1. The molecule has 1 fully saturated rings. The smallest absolute Gasteiger partial charge is 0.352 e. The summed E-state index contributed by atoms with van der Waals surface area (Å²) in [6.07, 6.45) is 0. The Bertz CT molecular complexity index is 1190. The number of rotatable bonds is 9. The molecule has 1 saturated heterocycles. The molecule has 2 aliphatic heterocycles. The number of tetrazole rings is 1. The first-order chi connectivity index (χ1) is 16.3. The molecule has 0 spiro atoms. The van der Waals surface area contributed by atoms with Crippen molar-refractivity contribution in [1.82, 2.24) is 35.5 Å². The molecule has 2 aliphatic rings. The molecule has 2 aromatic rings. The second-order valence-corrected chi connectivity index (χ2v) is 9.63. The number of nitrogen functional groups attached to an aromatic ring is 1. The van der Waals surface area contributed by atoms with Gasteiger partial charge in [-0.2, -0.15) is 0 Å². The molecule has 4 heterocycles. The van der Waals surface area contributed by atoms with Crippen LogP contribution in [-0.4, -0.2) is 95.9 Å². The van der Waals surface area contributed by atoms with Crippen molar-refractivity contribution in [3.05, 3.63) is 22.3 Å². The average molecular weight is 527 g/mol. The molecular weight excluding hydrogens is 508 g/mol. The number of aliphatic carboxylic acids is 1. The molecule has 0 unspecified atom stereocenters. The highest BCUT2D eigenvalue weighted by atomic mass is 32.2. The van der Waals surface area contributed by atoms with Crippen molar-refractivity contribution in [2.45, 2.75) is 16.6 Å². The number of carbonyl (C=O) groups excluding carboxylic acids is 2. The van der Waals surface area contributed by atoms with Crippen molar-refractivity contribution in [2.75, 3.05) is 36.8 Å². The van der Waals surface area contributed by atoms with Gasteiger partial charge < -0.3 is 26.4 Å². The van der Waals surface area contributed by atoms with Gasteiger partial charge in [-0.15, -0.1) is 27.9 Å². The van der Waals surface area contributed by atoms with Gasteiger partial charge in [0, 0.05) is 23.9 Å². The number of fused-ring (bicyclic) bond motifs is 1. The van der Waals surface area contributed by atoms with Crippen LogP contribution in [0.1, 0.15) is 5.69 Å². The highest BCUT2D eigenvalue weighted by Crippen LogP contribution is 2.41. The Hall–Kier alpha value is -3.38. The number of anilines is 1. The lowest BCUT2D eigenvalue weighted by molar-refractivity contribution is -0.150. The zero-order valence-corrected chi connectivity index (χ0v) is 20.1. The largest absolute Gasteiger partial charge is 0.477 e. The number of nitrogens with one attached hydrogen (secondary N) is 2. The van der Waals surface area contributed by atoms with Gasteiger partial charge in [-0.1, -0.05) is 22.0 Å². The number of thiazole rings is 1. The molecule has 0 bridgehead atoms. The summed E-state index contributed by atoms with van der Waals surface area (Å²) in [7, 11) is 2.91. The molecule has 4 rings (SSSR count). The van der Waals surface area contributed by atoms with Crippen LogP contribution in [0, 0.1) is 0 Å². The summed E-state index contributed by atoms with van der Waals surface area (Å²) in [6.45, 7) is 0. The van der Waals surface area contributed by atoms with Crippen LogP contribution in [0.15, 0.2) is 27.0 Å². The van der Waals surface area contributed by atoms with Crippen molar-refractivity contribution in [1.29, 1.82) is 0 Å². The lowest BCUT2D eigenvalue weighted by Gasteiger charge is -2.49. The molecule has 34 heavy (non-hydrogen) atoms. The molecular formula is C16H18N10O5S3. The number of carboxylic acid groups (broad SMARTS) is 1. The van der Waals surface area contributed by atoms with E-state index in [9.17, 15) is 19.5 Å². The van der Waals surface area contributed by atoms with Crippen LogP contribution in [-0.2, 0) is 19.2 Å². The van der Waals surface area contributed by atoms with Crippen LogP contribution in [0.25, 0.3) is 0 Å². The van der Waals surface area contributed by atoms with E-state index in [1.54, 1.807) is 7.05 Å². The maximum Gasteiger partial charge on any atom is 0.352 e. The molecule has 2 atom stereocenters. The maximum absolute atomic E-state index is 12.9. The molecule has 0 aliphatic carbocycles. The number of thioether (sulfide) groups is 2. The number of aromatic nitrogens is 5. The number of nitrogens with zero attached hydrogens (tertiary/aromatic N) is 7. The van der Waals surface area contributed by atoms with Crippen LogP contribution >= 0.6 is 34.9 Å². The minimum absolute atomic E-state index is 0.103. The Labute approximate surface area is 204 Å². The number of carbonyl (C=O) groups is 3. The third-order valence-electron chi connectivity index (χ3n) is 4.73. The molecule has 0 radical (unpaired) electrons. The molecule has 18 heteroatoms. The molecule has 0 aromatic carbocycles. The minimum Gasteiger partial charge on any atom is -0.477 e. The Morgan fingerprint density at radius 2 is 2.26 bits per heavy atom. The number of hydrogen-bond donors (Lipinski definition) is 4. The van der Waals surface area contributed by atoms with Crippen LogP contribution in [0.2, 0.25) is 0 Å². The number of amides is 2. The summed E-state index contributed by atoms with van der Waals surface area (Å²) in [5.41, 5.74) is 8.90. The number of nitrogens with two attached hydrogens (primary N) is 1. The van der Waals surface area contributed by atoms with Gasteiger partial charge in [-0.05, 0) is 16.0 Å². The fourth-order valence-corrected chi connectivity index (χ4v) is 6.17. The Morgan fingerprint density at radius 1 is 1.47 bits per heavy atom. The molecule has 2 amide bonds. The highest BCUT2D eigenvalue weighted by molar-refractivity contribution is 8.01. The van der Waals surface area contributed by atoms with E-state index in [1.807, 2.05) is 0 Å². The fraction of sp³-hybridized carbons (Fsp3) is 0.375. The van der Waals surface area contributed by atoms with Crippen LogP contribution in [0.4, 0.5) is 5.13 Å². The second-order valence-electron chi connectivity index (χ2n) is 6.70. The van der Waals surface area contributed by atoms with Crippen LogP contribution in [0.5, 0.6) is 0 Å². The van der Waals surface area contributed by atoms with E-state index >= 15 is 0 Å². The van der Waals surface area contributed by atoms with Crippen molar-refractivity contribution in [3.63, 3.8) is 0 Å². The first-order valence-electron chi connectivity index (χ1n) is 9.48. The Morgan fingerprint density at radius 3 is 2.91 bits per heavy atom. The molecule has 2 aromatic heterocycles. The van der Waals surface area contributed by atoms with Gasteiger partial charge in [0.25, 0.3) is 11.8 Å². The van der Waals surface area contributed by atoms with Gasteiger partial charge in [-0.25, -0.2) is 9.78 Å². The number of carboxylic acids is 1. The van der Waals surface area contributed by atoms with Crippen molar-refractivity contribution >= 4 is 63.5 Å². The van der Waals surface area contributed by atoms with E-state index in [0.717, 1.165) is 11.3 Å². The first kappa shape index (κ1) is 23.8. The quantitative estimate of drug-likeness (QED) is 0.131. The monoisotopic (exact) mass is 526 g/mol. The van der Waals surface area contributed by atoms with E-state index in [0.29, 0.717) is 16.5 Å². The van der Waals surface area contributed by atoms with Crippen LogP contribution in [0.3, 0.4) is 0 Å². The number of β-lactam (4-membered cyclic amide) rings is 1. The lowest BCUT2D eigenvalue weighted by atomic mass is 10.0. The summed E-state index contributed by atoms with van der Waals surface area (Å²) in [4.78, 5) is 49.0. The van der Waals surface area contributed by atoms with E-state index in [1.165, 1.54) is 45.7 Å². The number of hydrogen-bond acceptors (Lipinski definition) is 14. The predicted octanol–water partition coefficient (Wildman–Crippen LogP) is -1.23. The topological polar surface area (TPSA) is 203 Å². The van der Waals surface area contributed by atoms with Gasteiger partial charge in [-0.3, -0.25) is 14.5 Å². The standard InChI is InChI=1S/C16H18N10O5S3/c1-18-26-16(21-23-24-26)34-4-6-3-32-13-9(12(28)25(13)10(6)14(29)30)20-11(27)8(22-31-2)7-5-33-15(17)19-7/h5,9,13,18H,3-4H2,1-2H3,(H2,17,19)(H,20,27)(H,29,30)/t9-,13+/m1/s1. The summed E-state index contributed by atoms with van der Waals surface area (Å²) < 4.78 is 0. The number of oxime groups is 1. The van der Waals surface area contributed by atoms with E-state index < -0.39 is 29.2 Å². The fourth-order valence-electron chi connectivity index (χ4n) is 3.26. The van der Waals surface area contributed by atoms with Crippen molar-refractivity contribution in [3.8, 4) is 0 Å². The second kappa shape index (κ2) is 9.85. The maximum atomic E-state index is 12.9. The lowest BCUT2D eigenvalue weighted by Crippen LogP contribution is -2.71. The van der Waals surface area contributed by atoms with Gasteiger partial charge in [0.15, 0.2) is 10.8 Å². The molecule has 5 N–H and O–H groups in total. The zero-order chi connectivity index (χ0) is 24.4. The molecule has 15 nitrogen and oxygen atoms in total. The summed E-state index contributed by atoms with van der Waals surface area (Å²) in [5.74, 6) is -1.85. The average Bonchev–Trinajstić information content (AvgIpc) is 3.46. The van der Waals surface area contributed by atoms with Gasteiger partial charge in [0.05, 0.1) is 0 Å². The minimum atomic E-state index is -1.23. The normalized spacial score (nSPS) is 20.0. The van der Waals surface area contributed by atoms with Crippen molar-refractivity contribution in [2.24, 2.45) is 5.16 Å². The van der Waals surface area contributed by atoms with E-state index in [2.05, 4.69) is 36.4 Å². The van der Waals surface area contributed by atoms with E-state index in [4.69, 9.17) is 10.6 Å².